The van der Waals surface area contributed by atoms with Gasteiger partial charge in [0.25, 0.3) is 0 Å². The lowest BCUT2D eigenvalue weighted by Crippen LogP contribution is -2.44. The molecule has 2 aromatic carbocycles. The summed E-state index contributed by atoms with van der Waals surface area (Å²) in [6.07, 6.45) is 2.07. The normalized spacial score (nSPS) is 18.3. The standard InChI is InChI=1S/C19H24N2O/c1-14(21-12-10-17(11-13-21)20-15(2)22)18-9-5-7-16-6-3-4-8-19(16)18/h3-9,14,17H,10-13H2,1-2H3,(H,20,22). The maximum absolute atomic E-state index is 11.2. The first-order chi connectivity index (χ1) is 10.6. The van der Waals surface area contributed by atoms with E-state index in [9.17, 15) is 4.79 Å². The Morgan fingerprint density at radius 2 is 1.82 bits per heavy atom. The molecule has 0 spiro atoms. The van der Waals surface area contributed by atoms with E-state index in [1.54, 1.807) is 6.92 Å². The Morgan fingerprint density at radius 1 is 1.14 bits per heavy atom. The Morgan fingerprint density at radius 3 is 2.55 bits per heavy atom. The molecule has 1 heterocycles. The summed E-state index contributed by atoms with van der Waals surface area (Å²) in [6.45, 7) is 5.97. The molecule has 1 fully saturated rings. The van der Waals surface area contributed by atoms with Gasteiger partial charge in [-0.2, -0.15) is 0 Å². The second-order valence-corrected chi connectivity index (χ2v) is 6.26. The molecule has 1 N–H and O–H groups in total. The van der Waals surface area contributed by atoms with Crippen molar-refractivity contribution in [2.45, 2.75) is 38.8 Å². The van der Waals surface area contributed by atoms with E-state index in [4.69, 9.17) is 0 Å². The van der Waals surface area contributed by atoms with Gasteiger partial charge in [-0.15, -0.1) is 0 Å². The third-order valence-electron chi connectivity index (χ3n) is 4.76. The van der Waals surface area contributed by atoms with E-state index in [1.165, 1.54) is 16.3 Å². The van der Waals surface area contributed by atoms with Gasteiger partial charge in [-0.3, -0.25) is 9.69 Å². The van der Waals surface area contributed by atoms with Gasteiger partial charge in [-0.25, -0.2) is 0 Å². The van der Waals surface area contributed by atoms with Gasteiger partial charge in [0.15, 0.2) is 0 Å². The molecule has 22 heavy (non-hydrogen) atoms. The molecule has 2 aromatic rings. The highest BCUT2D eigenvalue weighted by Gasteiger charge is 2.24. The van der Waals surface area contributed by atoms with Gasteiger partial charge < -0.3 is 5.32 Å². The zero-order chi connectivity index (χ0) is 15.5. The van der Waals surface area contributed by atoms with Crippen molar-refractivity contribution in [1.29, 1.82) is 0 Å². The predicted molar refractivity (Wildman–Crippen MR) is 90.8 cm³/mol. The van der Waals surface area contributed by atoms with Crippen LogP contribution in [0.4, 0.5) is 0 Å². The highest BCUT2D eigenvalue weighted by molar-refractivity contribution is 5.86. The van der Waals surface area contributed by atoms with Crippen molar-refractivity contribution in [3.05, 3.63) is 48.0 Å². The Bertz CT molecular complexity index is 654. The number of benzene rings is 2. The van der Waals surface area contributed by atoms with Gasteiger partial charge in [-0.05, 0) is 36.1 Å². The average molecular weight is 296 g/mol. The molecule has 0 radical (unpaired) electrons. The summed E-state index contributed by atoms with van der Waals surface area (Å²) in [6, 6.07) is 15.9. The fourth-order valence-corrected chi connectivity index (χ4v) is 3.53. The molecule has 0 aliphatic carbocycles. The minimum absolute atomic E-state index is 0.0838. The molecule has 3 nitrogen and oxygen atoms in total. The number of hydrogen-bond acceptors (Lipinski definition) is 2. The first-order valence-electron chi connectivity index (χ1n) is 8.14. The zero-order valence-corrected chi connectivity index (χ0v) is 13.4. The van der Waals surface area contributed by atoms with Crippen LogP contribution >= 0.6 is 0 Å². The van der Waals surface area contributed by atoms with Crippen LogP contribution in [0.5, 0.6) is 0 Å². The summed E-state index contributed by atoms with van der Waals surface area (Å²) in [5, 5.41) is 5.70. The molecule has 0 saturated carbocycles. The smallest absolute Gasteiger partial charge is 0.217 e. The first-order valence-corrected chi connectivity index (χ1v) is 8.14. The van der Waals surface area contributed by atoms with Crippen molar-refractivity contribution in [3.8, 4) is 0 Å². The van der Waals surface area contributed by atoms with E-state index in [-0.39, 0.29) is 5.91 Å². The first kappa shape index (κ1) is 15.0. The minimum atomic E-state index is 0.0838. The van der Waals surface area contributed by atoms with Crippen LogP contribution in [0, 0.1) is 0 Å². The van der Waals surface area contributed by atoms with Gasteiger partial charge >= 0.3 is 0 Å². The number of nitrogens with one attached hydrogen (secondary N) is 1. The lowest BCUT2D eigenvalue weighted by molar-refractivity contribution is -0.120. The van der Waals surface area contributed by atoms with Crippen LogP contribution in [0.2, 0.25) is 0 Å². The predicted octanol–water partition coefficient (Wildman–Crippen LogP) is 3.50. The van der Waals surface area contributed by atoms with Gasteiger partial charge in [0, 0.05) is 32.1 Å². The van der Waals surface area contributed by atoms with E-state index in [1.807, 2.05) is 0 Å². The molecule has 0 bridgehead atoms. The number of piperidine rings is 1. The van der Waals surface area contributed by atoms with Crippen molar-refractivity contribution in [2.75, 3.05) is 13.1 Å². The van der Waals surface area contributed by atoms with Gasteiger partial charge in [0.05, 0.1) is 0 Å². The van der Waals surface area contributed by atoms with Crippen LogP contribution in [-0.2, 0) is 4.79 Å². The Labute approximate surface area is 132 Å². The third-order valence-corrected chi connectivity index (χ3v) is 4.76. The number of rotatable bonds is 3. The van der Waals surface area contributed by atoms with Crippen molar-refractivity contribution in [2.24, 2.45) is 0 Å². The molecule has 1 saturated heterocycles. The highest BCUT2D eigenvalue weighted by atomic mass is 16.1. The Balaban J connectivity index is 1.74. The van der Waals surface area contributed by atoms with Gasteiger partial charge in [0.1, 0.15) is 0 Å². The lowest BCUT2D eigenvalue weighted by Gasteiger charge is -2.36. The monoisotopic (exact) mass is 296 g/mol. The molecule has 116 valence electrons. The van der Waals surface area contributed by atoms with Crippen molar-refractivity contribution in [3.63, 3.8) is 0 Å². The molecule has 0 aromatic heterocycles. The molecule has 1 amide bonds. The largest absolute Gasteiger partial charge is 0.354 e. The molecule has 1 atom stereocenters. The summed E-state index contributed by atoms with van der Waals surface area (Å²) in [7, 11) is 0. The SMILES string of the molecule is CC(=O)NC1CCN(C(C)c2cccc3ccccc23)CC1. The summed E-state index contributed by atoms with van der Waals surface area (Å²) < 4.78 is 0. The van der Waals surface area contributed by atoms with Crippen LogP contribution < -0.4 is 5.32 Å². The molecule has 1 aliphatic heterocycles. The average Bonchev–Trinajstić information content (AvgIpc) is 2.54. The molecular weight excluding hydrogens is 272 g/mol. The summed E-state index contributed by atoms with van der Waals surface area (Å²) >= 11 is 0. The van der Waals surface area contributed by atoms with Crippen LogP contribution in [0.15, 0.2) is 42.5 Å². The number of carbonyl (C=O) groups excluding carboxylic acids is 1. The Kier molecular flexibility index (Phi) is 4.44. The number of nitrogens with zero attached hydrogens (tertiary/aromatic N) is 1. The highest BCUT2D eigenvalue weighted by Crippen LogP contribution is 2.29. The van der Waals surface area contributed by atoms with Crippen LogP contribution in [0.1, 0.15) is 38.3 Å². The summed E-state index contributed by atoms with van der Waals surface area (Å²) in [5.41, 5.74) is 1.40. The Hall–Kier alpha value is -1.87. The minimum Gasteiger partial charge on any atom is -0.354 e. The van der Waals surface area contributed by atoms with E-state index in [2.05, 4.69) is 59.6 Å². The maximum atomic E-state index is 11.2. The van der Waals surface area contributed by atoms with E-state index < -0.39 is 0 Å². The van der Waals surface area contributed by atoms with Crippen LogP contribution in [-0.4, -0.2) is 29.9 Å². The fraction of sp³-hybridized carbons (Fsp3) is 0.421. The van der Waals surface area contributed by atoms with Crippen molar-refractivity contribution < 1.29 is 4.79 Å². The number of hydrogen-bond donors (Lipinski definition) is 1. The molecule has 3 rings (SSSR count). The zero-order valence-electron chi connectivity index (χ0n) is 13.4. The molecule has 1 unspecified atom stereocenters. The van der Waals surface area contributed by atoms with Crippen LogP contribution in [0.25, 0.3) is 10.8 Å². The van der Waals surface area contributed by atoms with E-state index in [0.717, 1.165) is 25.9 Å². The second kappa shape index (κ2) is 6.49. The summed E-state index contributed by atoms with van der Waals surface area (Å²) in [5.74, 6) is 0.0838. The van der Waals surface area contributed by atoms with Crippen LogP contribution in [0.3, 0.4) is 0 Å². The van der Waals surface area contributed by atoms with Crippen molar-refractivity contribution >= 4 is 16.7 Å². The molecular formula is C19H24N2O. The fourth-order valence-electron chi connectivity index (χ4n) is 3.53. The van der Waals surface area contributed by atoms with Gasteiger partial charge in [-0.1, -0.05) is 42.5 Å². The van der Waals surface area contributed by atoms with E-state index >= 15 is 0 Å². The van der Waals surface area contributed by atoms with Crippen molar-refractivity contribution in [1.82, 2.24) is 10.2 Å². The third kappa shape index (κ3) is 3.14. The number of fused-ring (bicyclic) bond motifs is 1. The lowest BCUT2D eigenvalue weighted by atomic mass is 9.96. The number of carbonyl (C=O) groups is 1. The quantitative estimate of drug-likeness (QED) is 0.940. The number of amides is 1. The number of likely N-dealkylation sites (tertiary alicyclic amines) is 1. The topological polar surface area (TPSA) is 32.3 Å². The second-order valence-electron chi connectivity index (χ2n) is 6.26. The van der Waals surface area contributed by atoms with E-state index in [0.29, 0.717) is 12.1 Å². The molecule has 3 heteroatoms. The molecule has 1 aliphatic rings. The maximum Gasteiger partial charge on any atom is 0.217 e. The summed E-state index contributed by atoms with van der Waals surface area (Å²) in [4.78, 5) is 13.7. The van der Waals surface area contributed by atoms with Gasteiger partial charge in [0.2, 0.25) is 5.91 Å².